The molecule has 0 bridgehead atoms. The highest BCUT2D eigenvalue weighted by Crippen LogP contribution is 2.27. The second-order valence-corrected chi connectivity index (χ2v) is 6.69. The Balaban J connectivity index is 1.51. The van der Waals surface area contributed by atoms with Crippen LogP contribution in [0.3, 0.4) is 0 Å². The molecule has 5 nitrogen and oxygen atoms in total. The predicted octanol–water partition coefficient (Wildman–Crippen LogP) is 3.23. The molecular weight excluding hydrogens is 366 g/mol. The summed E-state index contributed by atoms with van der Waals surface area (Å²) in [6.07, 6.45) is 5.11. The number of para-hydroxylation sites is 1. The second kappa shape index (κ2) is 6.28. The fourth-order valence-electron chi connectivity index (χ4n) is 3.13. The molecule has 2 aromatic heterocycles. The lowest BCUT2D eigenvalue weighted by atomic mass is 10.2. The number of hydrogen-bond donors (Lipinski definition) is 1. The lowest BCUT2D eigenvalue weighted by Gasteiger charge is -2.21. The second-order valence-electron chi connectivity index (χ2n) is 5.78. The Morgan fingerprint density at radius 1 is 1.25 bits per heavy atom. The molecule has 0 aliphatic carbocycles. The van der Waals surface area contributed by atoms with Gasteiger partial charge in [-0.2, -0.15) is 0 Å². The Labute approximate surface area is 149 Å². The molecule has 1 aliphatic heterocycles. The number of aliphatic imine (C=N–C) groups is 1. The first kappa shape index (κ1) is 15.2. The lowest BCUT2D eigenvalue weighted by Crippen LogP contribution is -2.40. The van der Waals surface area contributed by atoms with E-state index >= 15 is 0 Å². The molecule has 0 spiro atoms. The molecule has 0 atom stereocenters. The van der Waals surface area contributed by atoms with Gasteiger partial charge in [-0.1, -0.05) is 18.2 Å². The number of benzene rings is 1. The summed E-state index contributed by atoms with van der Waals surface area (Å²) in [5.74, 6) is 0.887. The van der Waals surface area contributed by atoms with Crippen LogP contribution in [-0.2, 0) is 13.0 Å². The Morgan fingerprint density at radius 3 is 3.00 bits per heavy atom. The van der Waals surface area contributed by atoms with Gasteiger partial charge in [0.2, 0.25) is 0 Å². The molecule has 3 aromatic rings. The van der Waals surface area contributed by atoms with E-state index in [2.05, 4.69) is 60.4 Å². The number of hydrogen-bond acceptors (Lipinski definition) is 2. The average molecular weight is 384 g/mol. The van der Waals surface area contributed by atoms with E-state index in [1.807, 2.05) is 36.0 Å². The zero-order chi connectivity index (χ0) is 16.5. The van der Waals surface area contributed by atoms with E-state index in [0.29, 0.717) is 6.54 Å². The van der Waals surface area contributed by atoms with Crippen LogP contribution in [0.25, 0.3) is 5.65 Å². The van der Waals surface area contributed by atoms with Crippen LogP contribution < -0.4 is 10.2 Å². The van der Waals surface area contributed by atoms with Gasteiger partial charge in [-0.25, -0.2) is 4.98 Å². The van der Waals surface area contributed by atoms with Crippen LogP contribution in [0.1, 0.15) is 11.3 Å². The molecular formula is C18H18BrN5. The first-order valence-corrected chi connectivity index (χ1v) is 8.73. The maximum Gasteiger partial charge on any atom is 0.198 e. The third kappa shape index (κ3) is 2.78. The van der Waals surface area contributed by atoms with Crippen molar-refractivity contribution in [3.05, 3.63) is 64.5 Å². The van der Waals surface area contributed by atoms with Gasteiger partial charge in [0.05, 0.1) is 12.2 Å². The number of aromatic nitrogens is 2. The van der Waals surface area contributed by atoms with Crippen LogP contribution in [0.4, 0.5) is 5.69 Å². The van der Waals surface area contributed by atoms with Gasteiger partial charge >= 0.3 is 0 Å². The van der Waals surface area contributed by atoms with Crippen LogP contribution in [0.5, 0.6) is 0 Å². The molecule has 0 saturated heterocycles. The number of nitrogens with one attached hydrogen (secondary N) is 1. The molecule has 0 amide bonds. The van der Waals surface area contributed by atoms with Crippen molar-refractivity contribution in [3.8, 4) is 0 Å². The molecule has 1 N–H and O–H groups in total. The first-order valence-electron chi connectivity index (χ1n) is 7.94. The summed E-state index contributed by atoms with van der Waals surface area (Å²) in [6, 6.07) is 12.5. The fourth-order valence-corrected chi connectivity index (χ4v) is 3.48. The molecule has 0 radical (unpaired) electrons. The standard InChI is InChI=1S/C18H18BrN5/c1-20-18(24-9-8-13-4-2-3-5-16(13)24)21-10-15-12-23-11-14(19)6-7-17(23)22-15/h2-7,11-12H,8-10H2,1H3,(H,20,21). The highest BCUT2D eigenvalue weighted by molar-refractivity contribution is 9.10. The SMILES string of the molecule is CN=C(NCc1cn2cc(Br)ccc2n1)N1CCc2ccccc21. The maximum absolute atomic E-state index is 4.64. The van der Waals surface area contributed by atoms with Crippen LogP contribution in [0.2, 0.25) is 0 Å². The van der Waals surface area contributed by atoms with Gasteiger partial charge in [0.1, 0.15) is 5.65 Å². The van der Waals surface area contributed by atoms with Gasteiger partial charge < -0.3 is 14.6 Å². The van der Waals surface area contributed by atoms with Crippen LogP contribution in [0, 0.1) is 0 Å². The fraction of sp³-hybridized carbons (Fsp3) is 0.222. The summed E-state index contributed by atoms with van der Waals surface area (Å²) in [6.45, 7) is 1.60. The molecule has 6 heteroatoms. The predicted molar refractivity (Wildman–Crippen MR) is 101 cm³/mol. The Kier molecular flexibility index (Phi) is 3.98. The molecule has 24 heavy (non-hydrogen) atoms. The quantitative estimate of drug-likeness (QED) is 0.545. The average Bonchev–Trinajstić information content (AvgIpc) is 3.19. The van der Waals surface area contributed by atoms with E-state index in [-0.39, 0.29) is 0 Å². The van der Waals surface area contributed by atoms with E-state index < -0.39 is 0 Å². The van der Waals surface area contributed by atoms with Crippen molar-refractivity contribution in [1.29, 1.82) is 0 Å². The summed E-state index contributed by atoms with van der Waals surface area (Å²) in [7, 11) is 1.82. The van der Waals surface area contributed by atoms with Crippen LogP contribution in [-0.4, -0.2) is 28.9 Å². The molecule has 0 saturated carbocycles. The Hall–Kier alpha value is -2.34. The number of anilines is 1. The van der Waals surface area contributed by atoms with Crippen molar-refractivity contribution in [2.45, 2.75) is 13.0 Å². The van der Waals surface area contributed by atoms with Gasteiger partial charge in [-0.15, -0.1) is 0 Å². The largest absolute Gasteiger partial charge is 0.350 e. The summed E-state index contributed by atoms with van der Waals surface area (Å²) < 4.78 is 3.06. The van der Waals surface area contributed by atoms with Crippen LogP contribution >= 0.6 is 15.9 Å². The topological polar surface area (TPSA) is 44.9 Å². The summed E-state index contributed by atoms with van der Waals surface area (Å²) >= 11 is 3.49. The number of imidazole rings is 1. The molecule has 3 heterocycles. The van der Waals surface area contributed by atoms with Gasteiger partial charge in [0.15, 0.2) is 5.96 Å². The van der Waals surface area contributed by atoms with E-state index in [4.69, 9.17) is 0 Å². The van der Waals surface area contributed by atoms with E-state index in [9.17, 15) is 0 Å². The first-order chi connectivity index (χ1) is 11.7. The third-order valence-corrected chi connectivity index (χ3v) is 4.72. The summed E-state index contributed by atoms with van der Waals surface area (Å²) in [4.78, 5) is 11.3. The van der Waals surface area contributed by atoms with E-state index in [0.717, 1.165) is 34.7 Å². The highest BCUT2D eigenvalue weighted by atomic mass is 79.9. The van der Waals surface area contributed by atoms with Crippen molar-refractivity contribution < 1.29 is 0 Å². The minimum Gasteiger partial charge on any atom is -0.350 e. The van der Waals surface area contributed by atoms with Crippen LogP contribution in [0.15, 0.2) is 58.3 Å². The number of rotatable bonds is 2. The minimum atomic E-state index is 0.643. The van der Waals surface area contributed by atoms with Crippen molar-refractivity contribution >= 4 is 33.2 Å². The van der Waals surface area contributed by atoms with Gasteiger partial charge in [-0.05, 0) is 46.1 Å². The molecule has 4 rings (SSSR count). The zero-order valence-electron chi connectivity index (χ0n) is 13.4. The number of guanidine groups is 1. The smallest absolute Gasteiger partial charge is 0.198 e. The summed E-state index contributed by atoms with van der Waals surface area (Å²) in [5.41, 5.74) is 4.54. The Bertz CT molecular complexity index is 915. The maximum atomic E-state index is 4.64. The minimum absolute atomic E-state index is 0.643. The molecule has 122 valence electrons. The van der Waals surface area contributed by atoms with Gasteiger partial charge in [0.25, 0.3) is 0 Å². The monoisotopic (exact) mass is 383 g/mol. The van der Waals surface area contributed by atoms with Crippen molar-refractivity contribution in [2.75, 3.05) is 18.5 Å². The van der Waals surface area contributed by atoms with Crippen molar-refractivity contribution in [2.24, 2.45) is 4.99 Å². The number of pyridine rings is 1. The summed E-state index contributed by atoms with van der Waals surface area (Å²) in [5, 5.41) is 3.43. The Morgan fingerprint density at radius 2 is 2.12 bits per heavy atom. The third-order valence-electron chi connectivity index (χ3n) is 4.25. The van der Waals surface area contributed by atoms with Crippen molar-refractivity contribution in [3.63, 3.8) is 0 Å². The molecule has 0 unspecified atom stereocenters. The van der Waals surface area contributed by atoms with Crippen molar-refractivity contribution in [1.82, 2.24) is 14.7 Å². The number of fused-ring (bicyclic) bond motifs is 2. The van der Waals surface area contributed by atoms with E-state index in [1.54, 1.807) is 0 Å². The van der Waals surface area contributed by atoms with Gasteiger partial charge in [-0.3, -0.25) is 4.99 Å². The van der Waals surface area contributed by atoms with E-state index in [1.165, 1.54) is 11.3 Å². The zero-order valence-corrected chi connectivity index (χ0v) is 15.0. The molecule has 0 fully saturated rings. The van der Waals surface area contributed by atoms with Gasteiger partial charge in [0, 0.05) is 36.1 Å². The normalized spacial score (nSPS) is 14.2. The number of nitrogens with zero attached hydrogens (tertiary/aromatic N) is 4. The molecule has 1 aromatic carbocycles. The lowest BCUT2D eigenvalue weighted by molar-refractivity contribution is 0.847. The number of halogens is 1. The highest BCUT2D eigenvalue weighted by Gasteiger charge is 2.22. The molecule has 1 aliphatic rings.